The van der Waals surface area contributed by atoms with Crippen LogP contribution in [0, 0.1) is 0 Å². The second kappa shape index (κ2) is 6.98. The predicted octanol–water partition coefficient (Wildman–Crippen LogP) is 4.57. The molecule has 0 aliphatic rings. The van der Waals surface area contributed by atoms with E-state index in [0.29, 0.717) is 11.6 Å². The van der Waals surface area contributed by atoms with E-state index in [-0.39, 0.29) is 6.61 Å². The van der Waals surface area contributed by atoms with Crippen molar-refractivity contribution < 1.29 is 18.3 Å². The molecule has 2 aromatic carbocycles. The first-order chi connectivity index (χ1) is 10.5. The maximum atomic E-state index is 13.5. The Balaban J connectivity index is 2.11. The molecular formula is C18H16F2O2. The normalized spacial score (nSPS) is 11.6. The second-order valence-corrected chi connectivity index (χ2v) is 4.66. The third-order valence-electron chi connectivity index (χ3n) is 3.05. The molecule has 0 heterocycles. The van der Waals surface area contributed by atoms with Gasteiger partial charge >= 0.3 is 11.9 Å². The molecule has 0 atom stereocenters. The first-order valence-electron chi connectivity index (χ1n) is 6.92. The average Bonchev–Trinajstić information content (AvgIpc) is 2.54. The number of rotatable bonds is 5. The molecule has 0 radical (unpaired) electrons. The highest BCUT2D eigenvalue weighted by molar-refractivity contribution is 5.81. The van der Waals surface area contributed by atoms with E-state index in [1.807, 2.05) is 42.5 Å². The van der Waals surface area contributed by atoms with Crippen LogP contribution in [-0.4, -0.2) is 18.5 Å². The van der Waals surface area contributed by atoms with Crippen LogP contribution in [0.3, 0.4) is 0 Å². The standard InChI is InChI=1S/C18H16F2O2/c1-2-22-17(21)18(19,20)13-12-14-8-10-16(11-9-14)15-6-4-3-5-7-15/h3-13H,2H2,1H3/b13-12-. The van der Waals surface area contributed by atoms with Crippen molar-refractivity contribution in [2.75, 3.05) is 6.61 Å². The topological polar surface area (TPSA) is 26.3 Å². The molecule has 114 valence electrons. The van der Waals surface area contributed by atoms with Crippen LogP contribution in [-0.2, 0) is 9.53 Å². The molecule has 0 spiro atoms. The summed E-state index contributed by atoms with van der Waals surface area (Å²) in [7, 11) is 0. The molecule has 0 aliphatic carbocycles. The number of alkyl halides is 2. The first kappa shape index (κ1) is 15.9. The Morgan fingerprint density at radius 2 is 1.64 bits per heavy atom. The molecule has 0 aromatic heterocycles. The molecule has 2 aromatic rings. The monoisotopic (exact) mass is 302 g/mol. The molecule has 0 amide bonds. The summed E-state index contributed by atoms with van der Waals surface area (Å²) in [6.07, 6.45) is 1.77. The molecule has 0 saturated carbocycles. The van der Waals surface area contributed by atoms with Crippen molar-refractivity contribution in [2.45, 2.75) is 12.8 Å². The maximum Gasteiger partial charge on any atom is 0.381 e. The highest BCUT2D eigenvalue weighted by atomic mass is 19.3. The Morgan fingerprint density at radius 3 is 2.23 bits per heavy atom. The molecule has 0 bridgehead atoms. The van der Waals surface area contributed by atoms with Crippen LogP contribution < -0.4 is 0 Å². The predicted molar refractivity (Wildman–Crippen MR) is 82.5 cm³/mol. The smallest absolute Gasteiger partial charge is 0.381 e. The Morgan fingerprint density at radius 1 is 1.05 bits per heavy atom. The van der Waals surface area contributed by atoms with Crippen molar-refractivity contribution in [1.82, 2.24) is 0 Å². The zero-order chi connectivity index (χ0) is 16.0. The number of hydrogen-bond donors (Lipinski definition) is 0. The number of esters is 1. The van der Waals surface area contributed by atoms with Crippen molar-refractivity contribution in [3.05, 3.63) is 66.2 Å². The van der Waals surface area contributed by atoms with Gasteiger partial charge in [0.2, 0.25) is 0 Å². The average molecular weight is 302 g/mol. The van der Waals surface area contributed by atoms with Crippen LogP contribution in [0.1, 0.15) is 12.5 Å². The third-order valence-corrected chi connectivity index (χ3v) is 3.05. The highest BCUT2D eigenvalue weighted by Gasteiger charge is 2.37. The van der Waals surface area contributed by atoms with E-state index in [9.17, 15) is 13.6 Å². The van der Waals surface area contributed by atoms with Gasteiger partial charge in [-0.05, 0) is 29.7 Å². The molecule has 2 rings (SSSR count). The van der Waals surface area contributed by atoms with E-state index in [1.54, 1.807) is 12.1 Å². The Hall–Kier alpha value is -2.49. The van der Waals surface area contributed by atoms with Crippen LogP contribution in [0.5, 0.6) is 0 Å². The van der Waals surface area contributed by atoms with Crippen LogP contribution in [0.2, 0.25) is 0 Å². The first-order valence-corrected chi connectivity index (χ1v) is 6.92. The minimum Gasteiger partial charge on any atom is -0.461 e. The number of carbonyl (C=O) groups is 1. The summed E-state index contributed by atoms with van der Waals surface area (Å²) in [4.78, 5) is 11.1. The zero-order valence-corrected chi connectivity index (χ0v) is 12.1. The summed E-state index contributed by atoms with van der Waals surface area (Å²) in [5.74, 6) is -5.15. The second-order valence-electron chi connectivity index (χ2n) is 4.66. The molecular weight excluding hydrogens is 286 g/mol. The number of ether oxygens (including phenoxy) is 1. The fourth-order valence-electron chi connectivity index (χ4n) is 1.91. The summed E-state index contributed by atoms with van der Waals surface area (Å²) >= 11 is 0. The van der Waals surface area contributed by atoms with Crippen molar-refractivity contribution in [3.63, 3.8) is 0 Å². The van der Waals surface area contributed by atoms with Gasteiger partial charge in [-0.15, -0.1) is 0 Å². The lowest BCUT2D eigenvalue weighted by molar-refractivity contribution is -0.164. The van der Waals surface area contributed by atoms with E-state index in [0.717, 1.165) is 11.1 Å². The number of benzene rings is 2. The lowest BCUT2D eigenvalue weighted by Gasteiger charge is -2.09. The van der Waals surface area contributed by atoms with Gasteiger partial charge in [-0.1, -0.05) is 60.7 Å². The summed E-state index contributed by atoms with van der Waals surface area (Å²) in [5, 5.41) is 0. The number of halogens is 2. The van der Waals surface area contributed by atoms with Crippen LogP contribution in [0.25, 0.3) is 17.2 Å². The summed E-state index contributed by atoms with van der Waals surface area (Å²) < 4.78 is 31.3. The van der Waals surface area contributed by atoms with Gasteiger partial charge in [0.1, 0.15) is 0 Å². The van der Waals surface area contributed by atoms with Crippen molar-refractivity contribution >= 4 is 12.0 Å². The van der Waals surface area contributed by atoms with Gasteiger partial charge in [0.25, 0.3) is 0 Å². The molecule has 0 aliphatic heterocycles. The molecule has 2 nitrogen and oxygen atoms in total. The van der Waals surface area contributed by atoms with Gasteiger partial charge in [0.15, 0.2) is 0 Å². The van der Waals surface area contributed by atoms with Gasteiger partial charge in [-0.2, -0.15) is 8.78 Å². The summed E-state index contributed by atoms with van der Waals surface area (Å²) in [6, 6.07) is 16.9. The third kappa shape index (κ3) is 4.01. The van der Waals surface area contributed by atoms with E-state index in [1.165, 1.54) is 13.0 Å². The highest BCUT2D eigenvalue weighted by Crippen LogP contribution is 2.22. The fourth-order valence-corrected chi connectivity index (χ4v) is 1.91. The molecule has 0 unspecified atom stereocenters. The molecule has 4 heteroatoms. The molecule has 0 saturated heterocycles. The lowest BCUT2D eigenvalue weighted by atomic mass is 10.0. The fraction of sp³-hybridized carbons (Fsp3) is 0.167. The summed E-state index contributed by atoms with van der Waals surface area (Å²) in [6.45, 7) is 1.41. The van der Waals surface area contributed by atoms with Crippen LogP contribution in [0.15, 0.2) is 60.7 Å². The minimum absolute atomic E-state index is 0.0754. The van der Waals surface area contributed by atoms with Crippen molar-refractivity contribution in [2.24, 2.45) is 0 Å². The molecule has 0 N–H and O–H groups in total. The van der Waals surface area contributed by atoms with Crippen LogP contribution >= 0.6 is 0 Å². The van der Waals surface area contributed by atoms with Gasteiger partial charge in [0, 0.05) is 0 Å². The van der Waals surface area contributed by atoms with Gasteiger partial charge in [-0.25, -0.2) is 4.79 Å². The van der Waals surface area contributed by atoms with E-state index >= 15 is 0 Å². The maximum absolute atomic E-state index is 13.5. The number of carbonyl (C=O) groups excluding carboxylic acids is 1. The van der Waals surface area contributed by atoms with Crippen molar-refractivity contribution in [1.29, 1.82) is 0 Å². The quantitative estimate of drug-likeness (QED) is 0.757. The summed E-state index contributed by atoms with van der Waals surface area (Å²) in [5.41, 5.74) is 2.63. The van der Waals surface area contributed by atoms with Crippen LogP contribution in [0.4, 0.5) is 8.78 Å². The van der Waals surface area contributed by atoms with Gasteiger partial charge < -0.3 is 4.74 Å². The van der Waals surface area contributed by atoms with E-state index < -0.39 is 11.9 Å². The largest absolute Gasteiger partial charge is 0.461 e. The molecule has 22 heavy (non-hydrogen) atoms. The molecule has 0 fully saturated rings. The Kier molecular flexibility index (Phi) is 5.04. The van der Waals surface area contributed by atoms with E-state index in [4.69, 9.17) is 0 Å². The Bertz CT molecular complexity index is 647. The lowest BCUT2D eigenvalue weighted by Crippen LogP contribution is -2.28. The van der Waals surface area contributed by atoms with Gasteiger partial charge in [-0.3, -0.25) is 0 Å². The van der Waals surface area contributed by atoms with Crippen molar-refractivity contribution in [3.8, 4) is 11.1 Å². The van der Waals surface area contributed by atoms with E-state index in [2.05, 4.69) is 4.74 Å². The number of hydrogen-bond acceptors (Lipinski definition) is 2. The SMILES string of the molecule is CCOC(=O)C(F)(F)/C=C\c1ccc(-c2ccccc2)cc1. The Labute approximate surface area is 128 Å². The van der Waals surface area contributed by atoms with Gasteiger partial charge in [0.05, 0.1) is 6.61 Å². The minimum atomic E-state index is -3.62. The zero-order valence-electron chi connectivity index (χ0n) is 12.1.